The monoisotopic (exact) mass is 484 g/mol. The summed E-state index contributed by atoms with van der Waals surface area (Å²) in [7, 11) is 0. The van der Waals surface area contributed by atoms with Crippen molar-refractivity contribution in [2.75, 3.05) is 32.7 Å². The lowest BCUT2D eigenvalue weighted by Crippen LogP contribution is -2.38. The first-order valence-electron chi connectivity index (χ1n) is 9.68. The Morgan fingerprint density at radius 1 is 1.30 bits per heavy atom. The molecule has 1 heterocycles. The number of nitrogens with one attached hydrogen (secondary N) is 2. The highest BCUT2D eigenvalue weighted by Gasteiger charge is 2.28. The van der Waals surface area contributed by atoms with E-state index < -0.39 is 0 Å². The number of likely N-dealkylation sites (tertiary alicyclic amines) is 1. The minimum absolute atomic E-state index is 0. The lowest BCUT2D eigenvalue weighted by molar-refractivity contribution is -0.127. The average Bonchev–Trinajstić information content (AvgIpc) is 3.02. The van der Waals surface area contributed by atoms with Crippen LogP contribution in [0.5, 0.6) is 0 Å². The summed E-state index contributed by atoms with van der Waals surface area (Å²) in [5, 5.41) is 6.61. The van der Waals surface area contributed by atoms with Gasteiger partial charge in [-0.1, -0.05) is 42.5 Å². The van der Waals surface area contributed by atoms with E-state index in [0.29, 0.717) is 18.9 Å². The van der Waals surface area contributed by atoms with Gasteiger partial charge in [-0.05, 0) is 32.3 Å². The Labute approximate surface area is 180 Å². The molecule has 1 saturated heterocycles. The molecule has 2 rings (SSSR count). The molecule has 5 nitrogen and oxygen atoms in total. The maximum Gasteiger partial charge on any atom is 0.223 e. The molecule has 27 heavy (non-hydrogen) atoms. The fraction of sp³-hybridized carbons (Fsp3) is 0.524. The van der Waals surface area contributed by atoms with Crippen molar-refractivity contribution in [1.29, 1.82) is 0 Å². The SMILES string of the molecule is C/C=C/CCNC(=NCC1CC(=O)N(CCc2ccccc2)C1)NCC.I. The second-order valence-corrected chi connectivity index (χ2v) is 6.65. The van der Waals surface area contributed by atoms with Crippen LogP contribution >= 0.6 is 24.0 Å². The van der Waals surface area contributed by atoms with Gasteiger partial charge in [0.25, 0.3) is 0 Å². The number of halogens is 1. The second kappa shape index (κ2) is 13.6. The number of guanidine groups is 1. The van der Waals surface area contributed by atoms with Crippen LogP contribution < -0.4 is 10.6 Å². The zero-order chi connectivity index (χ0) is 18.6. The van der Waals surface area contributed by atoms with Gasteiger partial charge >= 0.3 is 0 Å². The zero-order valence-corrected chi connectivity index (χ0v) is 18.8. The van der Waals surface area contributed by atoms with Crippen molar-refractivity contribution in [2.24, 2.45) is 10.9 Å². The van der Waals surface area contributed by atoms with Crippen LogP contribution in [-0.2, 0) is 11.2 Å². The second-order valence-electron chi connectivity index (χ2n) is 6.65. The summed E-state index contributed by atoms with van der Waals surface area (Å²) in [6.07, 6.45) is 6.70. The molecule has 1 unspecified atom stereocenters. The van der Waals surface area contributed by atoms with E-state index >= 15 is 0 Å². The molecule has 1 aliphatic rings. The van der Waals surface area contributed by atoms with Crippen molar-refractivity contribution < 1.29 is 4.79 Å². The molecule has 1 amide bonds. The summed E-state index contributed by atoms with van der Waals surface area (Å²) in [5.74, 6) is 1.41. The first-order valence-corrected chi connectivity index (χ1v) is 9.68. The number of hydrogen-bond donors (Lipinski definition) is 2. The summed E-state index contributed by atoms with van der Waals surface area (Å²) in [6.45, 7) is 8.09. The molecule has 1 aromatic carbocycles. The Morgan fingerprint density at radius 2 is 2.07 bits per heavy atom. The number of carbonyl (C=O) groups is 1. The highest BCUT2D eigenvalue weighted by molar-refractivity contribution is 14.0. The van der Waals surface area contributed by atoms with Gasteiger partial charge in [0.1, 0.15) is 0 Å². The summed E-state index contributed by atoms with van der Waals surface area (Å²) >= 11 is 0. The normalized spacial score (nSPS) is 17.3. The van der Waals surface area contributed by atoms with E-state index in [9.17, 15) is 4.79 Å². The Kier molecular flexibility index (Phi) is 11.8. The molecule has 2 N–H and O–H groups in total. The van der Waals surface area contributed by atoms with Gasteiger partial charge in [0.05, 0.1) is 0 Å². The predicted molar refractivity (Wildman–Crippen MR) is 124 cm³/mol. The number of rotatable bonds is 9. The lowest BCUT2D eigenvalue weighted by Gasteiger charge is -2.16. The third-order valence-electron chi connectivity index (χ3n) is 4.50. The minimum Gasteiger partial charge on any atom is -0.357 e. The van der Waals surface area contributed by atoms with Gasteiger partial charge in [0.15, 0.2) is 5.96 Å². The van der Waals surface area contributed by atoms with Crippen molar-refractivity contribution in [2.45, 2.75) is 33.1 Å². The Morgan fingerprint density at radius 3 is 2.78 bits per heavy atom. The maximum absolute atomic E-state index is 12.3. The molecule has 0 saturated carbocycles. The summed E-state index contributed by atoms with van der Waals surface area (Å²) < 4.78 is 0. The minimum atomic E-state index is 0. The van der Waals surface area contributed by atoms with E-state index in [0.717, 1.165) is 45.0 Å². The highest BCUT2D eigenvalue weighted by Crippen LogP contribution is 2.18. The van der Waals surface area contributed by atoms with Crippen molar-refractivity contribution >= 4 is 35.8 Å². The number of carbonyl (C=O) groups excluding carboxylic acids is 1. The van der Waals surface area contributed by atoms with Crippen LogP contribution in [0.1, 0.15) is 32.3 Å². The van der Waals surface area contributed by atoms with E-state index in [1.54, 1.807) is 0 Å². The van der Waals surface area contributed by atoms with E-state index in [1.165, 1.54) is 5.56 Å². The van der Waals surface area contributed by atoms with Gasteiger partial charge in [-0.2, -0.15) is 0 Å². The standard InChI is InChI=1S/C21H32N4O.HI/c1-3-5-9-13-23-21(22-4-2)24-16-19-15-20(26)25(17-19)14-12-18-10-7-6-8-11-18;/h3,5-8,10-11,19H,4,9,12-17H2,1-2H3,(H2,22,23,24);1H/b5-3+;. The van der Waals surface area contributed by atoms with E-state index in [4.69, 9.17) is 0 Å². The van der Waals surface area contributed by atoms with Gasteiger partial charge in [-0.3, -0.25) is 9.79 Å². The van der Waals surface area contributed by atoms with Crippen LogP contribution in [0.25, 0.3) is 0 Å². The Balaban J connectivity index is 0.00000364. The maximum atomic E-state index is 12.3. The van der Waals surface area contributed by atoms with E-state index in [-0.39, 0.29) is 29.9 Å². The lowest BCUT2D eigenvalue weighted by atomic mass is 10.1. The first kappa shape index (κ1) is 23.5. The summed E-state index contributed by atoms with van der Waals surface area (Å²) in [4.78, 5) is 18.9. The average molecular weight is 484 g/mol. The van der Waals surface area contributed by atoms with Gasteiger partial charge in [0.2, 0.25) is 5.91 Å². The molecule has 150 valence electrons. The van der Waals surface area contributed by atoms with Crippen molar-refractivity contribution in [3.63, 3.8) is 0 Å². The van der Waals surface area contributed by atoms with Crippen molar-refractivity contribution in [3.05, 3.63) is 48.0 Å². The highest BCUT2D eigenvalue weighted by atomic mass is 127. The molecule has 0 spiro atoms. The molecule has 1 fully saturated rings. The summed E-state index contributed by atoms with van der Waals surface area (Å²) in [5.41, 5.74) is 1.28. The summed E-state index contributed by atoms with van der Waals surface area (Å²) in [6, 6.07) is 10.3. The fourth-order valence-corrected chi connectivity index (χ4v) is 3.10. The van der Waals surface area contributed by atoms with E-state index in [1.807, 2.05) is 30.0 Å². The van der Waals surface area contributed by atoms with Crippen LogP contribution in [0.15, 0.2) is 47.5 Å². The van der Waals surface area contributed by atoms with Gasteiger partial charge in [-0.15, -0.1) is 24.0 Å². The number of aliphatic imine (C=N–C) groups is 1. The van der Waals surface area contributed by atoms with Crippen molar-refractivity contribution in [1.82, 2.24) is 15.5 Å². The largest absolute Gasteiger partial charge is 0.357 e. The molecule has 0 radical (unpaired) electrons. The molecule has 1 aliphatic heterocycles. The number of benzene rings is 1. The molecular formula is C21H33IN4O. The number of amides is 1. The topological polar surface area (TPSA) is 56.7 Å². The van der Waals surface area contributed by atoms with E-state index in [2.05, 4.69) is 46.8 Å². The van der Waals surface area contributed by atoms with Crippen molar-refractivity contribution in [3.8, 4) is 0 Å². The smallest absolute Gasteiger partial charge is 0.223 e. The molecule has 0 aromatic heterocycles. The molecule has 1 atom stereocenters. The molecular weight excluding hydrogens is 451 g/mol. The van der Waals surface area contributed by atoms with Gasteiger partial charge < -0.3 is 15.5 Å². The molecule has 0 bridgehead atoms. The molecule has 6 heteroatoms. The number of allylic oxidation sites excluding steroid dienone is 1. The Bertz CT molecular complexity index is 603. The predicted octanol–water partition coefficient (Wildman–Crippen LogP) is 3.22. The molecule has 0 aliphatic carbocycles. The first-order chi connectivity index (χ1) is 12.7. The fourth-order valence-electron chi connectivity index (χ4n) is 3.10. The van der Waals surface area contributed by atoms with Gasteiger partial charge in [0, 0.05) is 45.1 Å². The quantitative estimate of drug-likeness (QED) is 0.186. The van der Waals surface area contributed by atoms with Crippen LogP contribution in [0, 0.1) is 5.92 Å². The third-order valence-corrected chi connectivity index (χ3v) is 4.50. The van der Waals surface area contributed by atoms with Crippen LogP contribution in [0.4, 0.5) is 0 Å². The van der Waals surface area contributed by atoms with Gasteiger partial charge in [-0.25, -0.2) is 0 Å². The van der Waals surface area contributed by atoms with Crippen LogP contribution in [-0.4, -0.2) is 49.5 Å². The third kappa shape index (κ3) is 8.77. The van der Waals surface area contributed by atoms with Crippen LogP contribution in [0.3, 0.4) is 0 Å². The number of hydrogen-bond acceptors (Lipinski definition) is 2. The number of nitrogens with zero attached hydrogens (tertiary/aromatic N) is 2. The molecule has 1 aromatic rings. The zero-order valence-electron chi connectivity index (χ0n) is 16.5. The van der Waals surface area contributed by atoms with Crippen LogP contribution in [0.2, 0.25) is 0 Å². The Hall–Kier alpha value is -1.57.